The second kappa shape index (κ2) is 6.61. The number of Topliss-reactive ketones (excluding diaryl/α,β-unsaturated/α-hetero) is 1. The third-order valence-corrected chi connectivity index (χ3v) is 4.38. The molecule has 1 nitrogen and oxygen atoms in total. The van der Waals surface area contributed by atoms with Crippen LogP contribution in [-0.4, -0.2) is 11.7 Å². The first-order valence-electron chi connectivity index (χ1n) is 7.81. The molecule has 2 aliphatic carbocycles. The van der Waals surface area contributed by atoms with E-state index < -0.39 is 11.8 Å². The van der Waals surface area contributed by atoms with Gasteiger partial charge < -0.3 is 0 Å². The van der Waals surface area contributed by atoms with E-state index in [1.54, 1.807) is 12.2 Å². The Morgan fingerprint density at radius 2 is 2.00 bits per heavy atom. The Balaban J connectivity index is 2.35. The highest BCUT2D eigenvalue weighted by atomic mass is 19.3. The summed E-state index contributed by atoms with van der Waals surface area (Å²) in [5.74, 6) is -3.50. The number of hydrogen-bond donors (Lipinski definition) is 0. The van der Waals surface area contributed by atoms with Crippen molar-refractivity contribution in [1.82, 2.24) is 0 Å². The maximum atomic E-state index is 13.8. The van der Waals surface area contributed by atoms with Crippen molar-refractivity contribution in [3.05, 3.63) is 71.4 Å². The van der Waals surface area contributed by atoms with Crippen molar-refractivity contribution < 1.29 is 13.6 Å². The summed E-state index contributed by atoms with van der Waals surface area (Å²) in [5.41, 5.74) is 2.67. The van der Waals surface area contributed by atoms with Gasteiger partial charge in [-0.05, 0) is 49.0 Å². The van der Waals surface area contributed by atoms with Crippen molar-refractivity contribution in [1.29, 1.82) is 0 Å². The summed E-state index contributed by atoms with van der Waals surface area (Å²) in [4.78, 5) is 12.6. The molecule has 1 unspecified atom stereocenters. The Kier molecular flexibility index (Phi) is 4.98. The van der Waals surface area contributed by atoms with Crippen molar-refractivity contribution in [3.63, 3.8) is 0 Å². The number of carbonyl (C=O) groups excluding carboxylic acids is 1. The minimum Gasteiger partial charge on any atom is -0.293 e. The van der Waals surface area contributed by atoms with Gasteiger partial charge >= 0.3 is 0 Å². The second-order valence-corrected chi connectivity index (χ2v) is 6.01. The SMILES string of the molecule is C=CC1=C/C(=C/C)C(=C)C(CC2=CCCC=C2C(C)(F)F)C1=O. The van der Waals surface area contributed by atoms with Crippen LogP contribution in [0.3, 0.4) is 0 Å². The number of rotatable bonds is 4. The van der Waals surface area contributed by atoms with Gasteiger partial charge in [0.05, 0.1) is 5.92 Å². The molecule has 0 heterocycles. The lowest BCUT2D eigenvalue weighted by atomic mass is 9.75. The molecule has 0 aromatic rings. The van der Waals surface area contributed by atoms with E-state index >= 15 is 0 Å². The van der Waals surface area contributed by atoms with Crippen LogP contribution in [0.15, 0.2) is 71.4 Å². The summed E-state index contributed by atoms with van der Waals surface area (Å²) >= 11 is 0. The molecule has 0 bridgehead atoms. The third kappa shape index (κ3) is 3.49. The van der Waals surface area contributed by atoms with Crippen LogP contribution in [0.1, 0.15) is 33.1 Å². The van der Waals surface area contributed by atoms with Gasteiger partial charge in [-0.15, -0.1) is 0 Å². The van der Waals surface area contributed by atoms with Crippen molar-refractivity contribution >= 4 is 5.78 Å². The zero-order valence-electron chi connectivity index (χ0n) is 13.7. The highest BCUT2D eigenvalue weighted by molar-refractivity contribution is 6.04. The summed E-state index contributed by atoms with van der Waals surface area (Å²) < 4.78 is 27.7. The number of alkyl halides is 2. The molecule has 2 aliphatic rings. The Labute approximate surface area is 136 Å². The van der Waals surface area contributed by atoms with Crippen LogP contribution < -0.4 is 0 Å². The van der Waals surface area contributed by atoms with Crippen molar-refractivity contribution in [2.45, 2.75) is 39.0 Å². The summed E-state index contributed by atoms with van der Waals surface area (Å²) in [6, 6.07) is 0. The highest BCUT2D eigenvalue weighted by Gasteiger charge is 2.35. The maximum Gasteiger partial charge on any atom is 0.270 e. The average molecular weight is 316 g/mol. The summed E-state index contributed by atoms with van der Waals surface area (Å²) in [7, 11) is 0. The minimum atomic E-state index is -2.90. The van der Waals surface area contributed by atoms with E-state index in [0.717, 1.165) is 18.9 Å². The zero-order chi connectivity index (χ0) is 17.2. The topological polar surface area (TPSA) is 17.1 Å². The first-order valence-corrected chi connectivity index (χ1v) is 7.81. The molecule has 122 valence electrons. The van der Waals surface area contributed by atoms with Crippen LogP contribution in [0.25, 0.3) is 0 Å². The number of ketones is 1. The van der Waals surface area contributed by atoms with E-state index in [1.807, 2.05) is 19.1 Å². The summed E-state index contributed by atoms with van der Waals surface area (Å²) in [6.07, 6.45) is 10.2. The molecule has 0 radical (unpaired) electrons. The Morgan fingerprint density at radius 1 is 1.35 bits per heavy atom. The molecule has 0 spiro atoms. The molecule has 0 aliphatic heterocycles. The van der Waals surface area contributed by atoms with Gasteiger partial charge in [-0.1, -0.05) is 37.5 Å². The van der Waals surface area contributed by atoms with Gasteiger partial charge in [0, 0.05) is 18.1 Å². The molecule has 0 aromatic heterocycles. The van der Waals surface area contributed by atoms with Gasteiger partial charge in [-0.2, -0.15) is 0 Å². The number of hydrogen-bond acceptors (Lipinski definition) is 1. The molecule has 0 N–H and O–H groups in total. The first-order chi connectivity index (χ1) is 10.8. The monoisotopic (exact) mass is 316 g/mol. The predicted molar refractivity (Wildman–Crippen MR) is 90.3 cm³/mol. The summed E-state index contributed by atoms with van der Waals surface area (Å²) in [6.45, 7) is 10.5. The highest BCUT2D eigenvalue weighted by Crippen LogP contribution is 2.40. The van der Waals surface area contributed by atoms with Crippen LogP contribution in [0, 0.1) is 5.92 Å². The largest absolute Gasteiger partial charge is 0.293 e. The molecular weight excluding hydrogens is 294 g/mol. The number of halogens is 2. The van der Waals surface area contributed by atoms with Gasteiger partial charge in [0.1, 0.15) is 0 Å². The van der Waals surface area contributed by atoms with Crippen LogP contribution in [0.4, 0.5) is 8.78 Å². The molecular formula is C20H22F2O. The van der Waals surface area contributed by atoms with Crippen molar-refractivity contribution in [2.75, 3.05) is 0 Å². The van der Waals surface area contributed by atoms with Gasteiger partial charge in [-0.3, -0.25) is 4.79 Å². The Hall–Kier alpha value is -2.03. The van der Waals surface area contributed by atoms with E-state index in [0.29, 0.717) is 23.1 Å². The Bertz CT molecular complexity index is 666. The van der Waals surface area contributed by atoms with Gasteiger partial charge in [0.25, 0.3) is 5.92 Å². The molecule has 1 atom stereocenters. The fraction of sp³-hybridized carbons (Fsp3) is 0.350. The van der Waals surface area contributed by atoms with E-state index in [4.69, 9.17) is 0 Å². The molecule has 0 amide bonds. The van der Waals surface area contributed by atoms with Crippen LogP contribution in [0.2, 0.25) is 0 Å². The van der Waals surface area contributed by atoms with E-state index in [-0.39, 0.29) is 17.8 Å². The van der Waals surface area contributed by atoms with Gasteiger partial charge in [0.2, 0.25) is 0 Å². The van der Waals surface area contributed by atoms with Crippen LogP contribution in [-0.2, 0) is 4.79 Å². The minimum absolute atomic E-state index is 0.0427. The second-order valence-electron chi connectivity index (χ2n) is 6.01. The molecule has 2 rings (SSSR count). The Morgan fingerprint density at radius 3 is 2.57 bits per heavy atom. The molecule has 0 fully saturated rings. The average Bonchev–Trinajstić information content (AvgIpc) is 2.51. The molecule has 3 heteroatoms. The lowest BCUT2D eigenvalue weighted by Gasteiger charge is -2.29. The lowest BCUT2D eigenvalue weighted by Crippen LogP contribution is -2.26. The quantitative estimate of drug-likeness (QED) is 0.670. The fourth-order valence-corrected chi connectivity index (χ4v) is 3.14. The first kappa shape index (κ1) is 17.3. The molecule has 23 heavy (non-hydrogen) atoms. The van der Waals surface area contributed by atoms with Crippen molar-refractivity contribution in [3.8, 4) is 0 Å². The smallest absolute Gasteiger partial charge is 0.270 e. The van der Waals surface area contributed by atoms with Crippen LogP contribution >= 0.6 is 0 Å². The number of allylic oxidation sites excluding steroid dienone is 10. The van der Waals surface area contributed by atoms with Crippen molar-refractivity contribution in [2.24, 2.45) is 5.92 Å². The van der Waals surface area contributed by atoms with Gasteiger partial charge in [0.15, 0.2) is 5.78 Å². The van der Waals surface area contributed by atoms with E-state index in [1.165, 1.54) is 6.08 Å². The molecule has 0 aromatic carbocycles. The summed E-state index contributed by atoms with van der Waals surface area (Å²) in [5, 5.41) is 0. The maximum absolute atomic E-state index is 13.8. The van der Waals surface area contributed by atoms with Crippen LogP contribution in [0.5, 0.6) is 0 Å². The van der Waals surface area contributed by atoms with E-state index in [2.05, 4.69) is 13.2 Å². The molecule has 0 saturated carbocycles. The predicted octanol–water partition coefficient (Wildman–Crippen LogP) is 5.49. The standard InChI is InChI=1S/C20H22F2O/c1-5-14-11-15(6-2)19(23)17(13(14)3)12-16-9-7-8-10-18(16)20(4,21)22/h5-6,9-11,17H,2-3,7-8,12H2,1,4H3/b14-5-. The van der Waals surface area contributed by atoms with Gasteiger partial charge in [-0.25, -0.2) is 8.78 Å². The van der Waals surface area contributed by atoms with E-state index in [9.17, 15) is 13.6 Å². The third-order valence-electron chi connectivity index (χ3n) is 4.38. The number of carbonyl (C=O) groups is 1. The normalized spacial score (nSPS) is 24.3. The zero-order valence-corrected chi connectivity index (χ0v) is 13.7. The lowest BCUT2D eigenvalue weighted by molar-refractivity contribution is -0.118. The molecule has 0 saturated heterocycles. The fourth-order valence-electron chi connectivity index (χ4n) is 3.14.